The van der Waals surface area contributed by atoms with Gasteiger partial charge in [0.15, 0.2) is 0 Å². The summed E-state index contributed by atoms with van der Waals surface area (Å²) in [7, 11) is 1.64. The first-order chi connectivity index (χ1) is 11.8. The van der Waals surface area contributed by atoms with Crippen molar-refractivity contribution in [3.63, 3.8) is 0 Å². The molecule has 1 aromatic carbocycles. The van der Waals surface area contributed by atoms with Gasteiger partial charge in [0.05, 0.1) is 24.2 Å². The largest absolute Gasteiger partial charge is 0.495 e. The molecule has 0 bridgehead atoms. The highest BCUT2D eigenvalue weighted by Crippen LogP contribution is 2.28. The third-order valence-electron chi connectivity index (χ3n) is 3.36. The molecule has 3 aromatic rings. The topological polar surface area (TPSA) is 72.0 Å². The molecule has 24 heavy (non-hydrogen) atoms. The van der Waals surface area contributed by atoms with Crippen LogP contribution in [0.15, 0.2) is 54.7 Å². The zero-order valence-corrected chi connectivity index (χ0v) is 13.7. The number of nitrogens with zero attached hydrogens (tertiary/aromatic N) is 3. The molecule has 0 saturated heterocycles. The molecule has 0 fully saturated rings. The minimum absolute atomic E-state index is 0.554. The highest BCUT2D eigenvalue weighted by molar-refractivity contribution is 5.68. The van der Waals surface area contributed by atoms with E-state index in [9.17, 15) is 0 Å². The van der Waals surface area contributed by atoms with Gasteiger partial charge in [0, 0.05) is 18.8 Å². The molecule has 2 aromatic heterocycles. The van der Waals surface area contributed by atoms with Gasteiger partial charge in [0.25, 0.3) is 0 Å². The molecule has 6 heteroatoms. The Morgan fingerprint density at radius 1 is 1.00 bits per heavy atom. The van der Waals surface area contributed by atoms with Gasteiger partial charge in [-0.25, -0.2) is 4.98 Å². The van der Waals surface area contributed by atoms with Crippen LogP contribution in [0, 0.1) is 0 Å². The normalized spacial score (nSPS) is 10.2. The molecule has 0 amide bonds. The van der Waals surface area contributed by atoms with Crippen LogP contribution in [0.5, 0.6) is 5.75 Å². The van der Waals surface area contributed by atoms with Crippen LogP contribution in [-0.4, -0.2) is 28.6 Å². The molecule has 122 valence electrons. The van der Waals surface area contributed by atoms with Gasteiger partial charge in [-0.2, -0.15) is 4.98 Å². The Bertz CT molecular complexity index is 808. The summed E-state index contributed by atoms with van der Waals surface area (Å²) in [6.07, 6.45) is 1.75. The molecule has 2 N–H and O–H groups in total. The van der Waals surface area contributed by atoms with E-state index in [0.717, 1.165) is 29.4 Å². The van der Waals surface area contributed by atoms with Gasteiger partial charge in [0.2, 0.25) is 5.95 Å². The van der Waals surface area contributed by atoms with Crippen molar-refractivity contribution in [2.45, 2.75) is 6.92 Å². The summed E-state index contributed by atoms with van der Waals surface area (Å²) in [5.74, 6) is 1.98. The number of hydrogen-bond donors (Lipinski definition) is 2. The Labute approximate surface area is 141 Å². The average molecular weight is 321 g/mol. The molecule has 3 rings (SSSR count). The molecular formula is C18H19N5O. The van der Waals surface area contributed by atoms with Crippen LogP contribution in [0.4, 0.5) is 17.5 Å². The van der Waals surface area contributed by atoms with Crippen molar-refractivity contribution in [2.24, 2.45) is 0 Å². The Morgan fingerprint density at radius 3 is 2.58 bits per heavy atom. The van der Waals surface area contributed by atoms with E-state index in [4.69, 9.17) is 4.74 Å². The number of hydrogen-bond acceptors (Lipinski definition) is 6. The summed E-state index contributed by atoms with van der Waals surface area (Å²) >= 11 is 0. The van der Waals surface area contributed by atoms with Gasteiger partial charge in [-0.3, -0.25) is 4.98 Å². The molecule has 0 saturated carbocycles. The van der Waals surface area contributed by atoms with Crippen molar-refractivity contribution in [2.75, 3.05) is 24.3 Å². The van der Waals surface area contributed by atoms with Crippen molar-refractivity contribution in [1.29, 1.82) is 0 Å². The second-order valence-electron chi connectivity index (χ2n) is 5.03. The van der Waals surface area contributed by atoms with Gasteiger partial charge in [0.1, 0.15) is 11.6 Å². The maximum absolute atomic E-state index is 5.38. The fourth-order valence-electron chi connectivity index (χ4n) is 2.28. The predicted octanol–water partition coefficient (Wildman–Crippen LogP) is 3.72. The Morgan fingerprint density at radius 2 is 1.83 bits per heavy atom. The number of methoxy groups -OCH3 is 1. The lowest BCUT2D eigenvalue weighted by molar-refractivity contribution is 0.417. The summed E-state index contributed by atoms with van der Waals surface area (Å²) in [5, 5.41) is 6.44. The van der Waals surface area contributed by atoms with Gasteiger partial charge >= 0.3 is 0 Å². The zero-order chi connectivity index (χ0) is 16.8. The van der Waals surface area contributed by atoms with Gasteiger partial charge < -0.3 is 15.4 Å². The molecule has 0 aliphatic rings. The van der Waals surface area contributed by atoms with Gasteiger partial charge in [-0.05, 0) is 31.2 Å². The maximum atomic E-state index is 5.38. The van der Waals surface area contributed by atoms with Gasteiger partial charge in [-0.1, -0.05) is 18.2 Å². The van der Waals surface area contributed by atoms with E-state index >= 15 is 0 Å². The third-order valence-corrected chi connectivity index (χ3v) is 3.36. The molecule has 0 atom stereocenters. The number of ether oxygens (including phenoxy) is 1. The first kappa shape index (κ1) is 15.7. The van der Waals surface area contributed by atoms with Crippen LogP contribution < -0.4 is 15.4 Å². The fraction of sp³-hybridized carbons (Fsp3) is 0.167. The van der Waals surface area contributed by atoms with Crippen molar-refractivity contribution in [3.05, 3.63) is 54.7 Å². The van der Waals surface area contributed by atoms with Crippen LogP contribution in [0.25, 0.3) is 11.4 Å². The number of aromatic nitrogens is 3. The zero-order valence-electron chi connectivity index (χ0n) is 13.7. The van der Waals surface area contributed by atoms with Crippen LogP contribution in [0.3, 0.4) is 0 Å². The lowest BCUT2D eigenvalue weighted by atomic mass is 10.2. The number of pyridine rings is 1. The summed E-state index contributed by atoms with van der Waals surface area (Å²) in [6.45, 7) is 2.74. The molecule has 0 spiro atoms. The first-order valence-corrected chi connectivity index (χ1v) is 7.74. The lowest BCUT2D eigenvalue weighted by Crippen LogP contribution is -2.06. The van der Waals surface area contributed by atoms with E-state index in [1.54, 1.807) is 13.3 Å². The SMILES string of the molecule is CCNc1nc(Nc2ccccc2OC)cc(-c2ccccn2)n1. The minimum Gasteiger partial charge on any atom is -0.495 e. The van der Waals surface area contributed by atoms with E-state index < -0.39 is 0 Å². The van der Waals surface area contributed by atoms with Crippen molar-refractivity contribution in [1.82, 2.24) is 15.0 Å². The molecule has 6 nitrogen and oxygen atoms in total. The van der Waals surface area contributed by atoms with E-state index in [-0.39, 0.29) is 0 Å². The molecule has 0 aliphatic carbocycles. The quantitative estimate of drug-likeness (QED) is 0.721. The number of para-hydroxylation sites is 2. The summed E-state index contributed by atoms with van der Waals surface area (Å²) in [4.78, 5) is 13.4. The number of nitrogens with one attached hydrogen (secondary N) is 2. The molecule has 0 aliphatic heterocycles. The Hall–Kier alpha value is -3.15. The maximum Gasteiger partial charge on any atom is 0.225 e. The van der Waals surface area contributed by atoms with E-state index in [0.29, 0.717) is 11.8 Å². The fourth-order valence-corrected chi connectivity index (χ4v) is 2.28. The molecule has 0 unspecified atom stereocenters. The first-order valence-electron chi connectivity index (χ1n) is 7.74. The highest BCUT2D eigenvalue weighted by Gasteiger charge is 2.09. The second kappa shape index (κ2) is 7.41. The Kier molecular flexibility index (Phi) is 4.86. The molecule has 0 radical (unpaired) electrons. The molecule has 2 heterocycles. The smallest absolute Gasteiger partial charge is 0.225 e. The second-order valence-corrected chi connectivity index (χ2v) is 5.03. The van der Waals surface area contributed by atoms with E-state index in [1.165, 1.54) is 0 Å². The monoisotopic (exact) mass is 321 g/mol. The summed E-state index contributed by atoms with van der Waals surface area (Å²) in [5.41, 5.74) is 2.38. The average Bonchev–Trinajstić information content (AvgIpc) is 2.63. The van der Waals surface area contributed by atoms with Crippen molar-refractivity contribution >= 4 is 17.5 Å². The highest BCUT2D eigenvalue weighted by atomic mass is 16.5. The van der Waals surface area contributed by atoms with Crippen LogP contribution in [0.2, 0.25) is 0 Å². The number of rotatable bonds is 6. The van der Waals surface area contributed by atoms with E-state index in [2.05, 4.69) is 25.6 Å². The standard InChI is InChI=1S/C18H19N5O/c1-3-19-18-22-15(13-8-6-7-11-20-13)12-17(23-18)21-14-9-4-5-10-16(14)24-2/h4-12H,3H2,1-2H3,(H2,19,21,22,23). The summed E-state index contributed by atoms with van der Waals surface area (Å²) in [6, 6.07) is 15.3. The van der Waals surface area contributed by atoms with E-state index in [1.807, 2.05) is 55.5 Å². The van der Waals surface area contributed by atoms with Gasteiger partial charge in [-0.15, -0.1) is 0 Å². The predicted molar refractivity (Wildman–Crippen MR) is 95.7 cm³/mol. The summed E-state index contributed by atoms with van der Waals surface area (Å²) < 4.78 is 5.38. The third kappa shape index (κ3) is 3.60. The van der Waals surface area contributed by atoms with Crippen LogP contribution >= 0.6 is 0 Å². The van der Waals surface area contributed by atoms with Crippen molar-refractivity contribution in [3.8, 4) is 17.1 Å². The number of benzene rings is 1. The van der Waals surface area contributed by atoms with Crippen LogP contribution in [-0.2, 0) is 0 Å². The molecular weight excluding hydrogens is 302 g/mol. The van der Waals surface area contributed by atoms with Crippen LogP contribution in [0.1, 0.15) is 6.92 Å². The van der Waals surface area contributed by atoms with Crippen molar-refractivity contribution < 1.29 is 4.74 Å². The number of anilines is 3. The minimum atomic E-state index is 0.554. The Balaban J connectivity index is 1.99. The lowest BCUT2D eigenvalue weighted by Gasteiger charge is -2.12.